The van der Waals surface area contributed by atoms with Gasteiger partial charge in [-0.25, -0.2) is 0 Å². The molecule has 0 radical (unpaired) electrons. The van der Waals surface area contributed by atoms with E-state index in [-0.39, 0.29) is 17.9 Å². The van der Waals surface area contributed by atoms with Crippen LogP contribution in [0.15, 0.2) is 18.2 Å². The zero-order chi connectivity index (χ0) is 14.5. The molecule has 0 saturated carbocycles. The maximum absolute atomic E-state index is 11.8. The number of aliphatic hydroxyl groups excluding tert-OH is 1. The van der Waals surface area contributed by atoms with E-state index in [0.717, 1.165) is 12.1 Å². The Labute approximate surface area is 128 Å². The van der Waals surface area contributed by atoms with Crippen molar-refractivity contribution in [1.29, 1.82) is 0 Å². The van der Waals surface area contributed by atoms with Gasteiger partial charge in [0.1, 0.15) is 0 Å². The standard InChI is InChI=1S/C14H18Cl2N2O2/c15-11-3-1-9(5-12(11)16)2-4-14(20)18-7-10-6-17-8-13(10)19/h1,3,5,10,13,17,19H,2,4,6-8H2,(H,18,20). The molecule has 20 heavy (non-hydrogen) atoms. The minimum absolute atomic E-state index is 0.0184. The number of carbonyl (C=O) groups is 1. The number of amides is 1. The van der Waals surface area contributed by atoms with E-state index in [0.29, 0.717) is 36.0 Å². The Bertz CT molecular complexity index is 482. The lowest BCUT2D eigenvalue weighted by Crippen LogP contribution is -2.34. The molecule has 2 rings (SSSR count). The summed E-state index contributed by atoms with van der Waals surface area (Å²) in [5.74, 6) is 0.0825. The molecule has 1 amide bonds. The first-order valence-corrected chi connectivity index (χ1v) is 7.41. The van der Waals surface area contributed by atoms with Gasteiger partial charge in [-0.15, -0.1) is 0 Å². The molecule has 2 unspecified atom stereocenters. The molecule has 0 aliphatic carbocycles. The maximum atomic E-state index is 11.8. The van der Waals surface area contributed by atoms with Gasteiger partial charge in [0, 0.05) is 32.0 Å². The van der Waals surface area contributed by atoms with E-state index in [2.05, 4.69) is 10.6 Å². The van der Waals surface area contributed by atoms with E-state index in [4.69, 9.17) is 23.2 Å². The van der Waals surface area contributed by atoms with Crippen LogP contribution in [-0.2, 0) is 11.2 Å². The van der Waals surface area contributed by atoms with Crippen molar-refractivity contribution in [3.05, 3.63) is 33.8 Å². The highest BCUT2D eigenvalue weighted by Gasteiger charge is 2.24. The molecule has 1 saturated heterocycles. The third kappa shape index (κ3) is 4.35. The van der Waals surface area contributed by atoms with Crippen molar-refractivity contribution in [1.82, 2.24) is 10.6 Å². The van der Waals surface area contributed by atoms with Crippen LogP contribution in [0.5, 0.6) is 0 Å². The van der Waals surface area contributed by atoms with Crippen molar-refractivity contribution in [2.24, 2.45) is 5.92 Å². The van der Waals surface area contributed by atoms with Crippen LogP contribution in [0, 0.1) is 5.92 Å². The lowest BCUT2D eigenvalue weighted by atomic mass is 10.1. The second-order valence-electron chi connectivity index (χ2n) is 5.04. The molecule has 1 aromatic carbocycles. The zero-order valence-corrected chi connectivity index (χ0v) is 12.5. The highest BCUT2D eigenvalue weighted by molar-refractivity contribution is 6.42. The van der Waals surface area contributed by atoms with Crippen LogP contribution in [0.1, 0.15) is 12.0 Å². The summed E-state index contributed by atoms with van der Waals surface area (Å²) < 4.78 is 0. The van der Waals surface area contributed by atoms with Crippen LogP contribution in [-0.4, -0.2) is 36.8 Å². The number of rotatable bonds is 5. The van der Waals surface area contributed by atoms with Crippen LogP contribution in [0.25, 0.3) is 0 Å². The summed E-state index contributed by atoms with van der Waals surface area (Å²) in [4.78, 5) is 11.8. The molecule has 1 aliphatic rings. The Morgan fingerprint density at radius 2 is 2.15 bits per heavy atom. The van der Waals surface area contributed by atoms with Gasteiger partial charge in [-0.1, -0.05) is 29.3 Å². The van der Waals surface area contributed by atoms with Crippen molar-refractivity contribution in [3.63, 3.8) is 0 Å². The van der Waals surface area contributed by atoms with Gasteiger partial charge in [0.2, 0.25) is 5.91 Å². The minimum atomic E-state index is -0.370. The van der Waals surface area contributed by atoms with E-state index in [9.17, 15) is 9.90 Å². The van der Waals surface area contributed by atoms with Crippen LogP contribution in [0.4, 0.5) is 0 Å². The van der Waals surface area contributed by atoms with Crippen molar-refractivity contribution >= 4 is 29.1 Å². The smallest absolute Gasteiger partial charge is 0.220 e. The Kier molecular flexibility index (Phi) is 5.66. The first-order chi connectivity index (χ1) is 9.56. The highest BCUT2D eigenvalue weighted by atomic mass is 35.5. The predicted octanol–water partition coefficient (Wildman–Crippen LogP) is 1.62. The average molecular weight is 317 g/mol. The number of aliphatic hydroxyl groups is 1. The van der Waals surface area contributed by atoms with Crippen molar-refractivity contribution in [3.8, 4) is 0 Å². The fourth-order valence-corrected chi connectivity index (χ4v) is 2.53. The van der Waals surface area contributed by atoms with Crippen LogP contribution in [0.2, 0.25) is 10.0 Å². The molecule has 0 spiro atoms. The normalized spacial score (nSPS) is 21.9. The predicted molar refractivity (Wildman–Crippen MR) is 80.2 cm³/mol. The molecule has 1 fully saturated rings. The lowest BCUT2D eigenvalue weighted by Gasteiger charge is -2.14. The molecule has 2 atom stereocenters. The van der Waals surface area contributed by atoms with Gasteiger partial charge in [0.15, 0.2) is 0 Å². The van der Waals surface area contributed by atoms with Crippen LogP contribution >= 0.6 is 23.2 Å². The summed E-state index contributed by atoms with van der Waals surface area (Å²) >= 11 is 11.8. The monoisotopic (exact) mass is 316 g/mol. The molecule has 1 heterocycles. The van der Waals surface area contributed by atoms with Crippen molar-refractivity contribution < 1.29 is 9.90 Å². The maximum Gasteiger partial charge on any atom is 0.220 e. The summed E-state index contributed by atoms with van der Waals surface area (Å²) in [5.41, 5.74) is 0.983. The topological polar surface area (TPSA) is 61.4 Å². The van der Waals surface area contributed by atoms with E-state index in [1.54, 1.807) is 12.1 Å². The summed E-state index contributed by atoms with van der Waals surface area (Å²) in [7, 11) is 0. The number of carbonyl (C=O) groups excluding carboxylic acids is 1. The van der Waals surface area contributed by atoms with Gasteiger partial charge in [0.05, 0.1) is 16.1 Å². The number of hydrogen-bond acceptors (Lipinski definition) is 3. The Morgan fingerprint density at radius 1 is 1.35 bits per heavy atom. The van der Waals surface area contributed by atoms with Gasteiger partial charge < -0.3 is 15.7 Å². The largest absolute Gasteiger partial charge is 0.391 e. The molecular formula is C14H18Cl2N2O2. The summed E-state index contributed by atoms with van der Waals surface area (Å²) in [5, 5.41) is 16.6. The fourth-order valence-electron chi connectivity index (χ4n) is 2.21. The Morgan fingerprint density at radius 3 is 2.80 bits per heavy atom. The average Bonchev–Trinajstić information content (AvgIpc) is 2.83. The molecule has 4 nitrogen and oxygen atoms in total. The van der Waals surface area contributed by atoms with E-state index < -0.39 is 0 Å². The molecule has 3 N–H and O–H groups in total. The first kappa shape index (κ1) is 15.6. The third-order valence-electron chi connectivity index (χ3n) is 3.49. The summed E-state index contributed by atoms with van der Waals surface area (Å²) in [6.45, 7) is 1.85. The van der Waals surface area contributed by atoms with Crippen LogP contribution < -0.4 is 10.6 Å². The van der Waals surface area contributed by atoms with Crippen LogP contribution in [0.3, 0.4) is 0 Å². The summed E-state index contributed by atoms with van der Waals surface area (Å²) in [6.07, 6.45) is 0.646. The highest BCUT2D eigenvalue weighted by Crippen LogP contribution is 2.23. The SMILES string of the molecule is O=C(CCc1ccc(Cl)c(Cl)c1)NCC1CNCC1O. The number of aryl methyl sites for hydroxylation is 1. The minimum Gasteiger partial charge on any atom is -0.391 e. The zero-order valence-electron chi connectivity index (χ0n) is 11.0. The van der Waals surface area contributed by atoms with Crippen molar-refractivity contribution in [2.75, 3.05) is 19.6 Å². The van der Waals surface area contributed by atoms with Gasteiger partial charge in [-0.05, 0) is 24.1 Å². The third-order valence-corrected chi connectivity index (χ3v) is 4.23. The quantitative estimate of drug-likeness (QED) is 0.773. The molecule has 0 bridgehead atoms. The molecular weight excluding hydrogens is 299 g/mol. The molecule has 0 aromatic heterocycles. The van der Waals surface area contributed by atoms with E-state index in [1.165, 1.54) is 0 Å². The van der Waals surface area contributed by atoms with Gasteiger partial charge in [-0.3, -0.25) is 4.79 Å². The number of halogens is 2. The molecule has 6 heteroatoms. The van der Waals surface area contributed by atoms with Gasteiger partial charge in [-0.2, -0.15) is 0 Å². The lowest BCUT2D eigenvalue weighted by molar-refractivity contribution is -0.121. The fraction of sp³-hybridized carbons (Fsp3) is 0.500. The Hall–Kier alpha value is -0.810. The molecule has 110 valence electrons. The number of nitrogens with one attached hydrogen (secondary N) is 2. The van der Waals surface area contributed by atoms with E-state index >= 15 is 0 Å². The Balaban J connectivity index is 1.73. The summed E-state index contributed by atoms with van der Waals surface area (Å²) in [6, 6.07) is 5.38. The molecule has 1 aliphatic heterocycles. The van der Waals surface area contributed by atoms with Gasteiger partial charge in [0.25, 0.3) is 0 Å². The number of benzene rings is 1. The second-order valence-corrected chi connectivity index (χ2v) is 5.85. The number of β-amino-alcohol motifs (C(OH)–C–C–N with tert-alkyl or cyclic N) is 1. The first-order valence-electron chi connectivity index (χ1n) is 6.65. The van der Waals surface area contributed by atoms with Crippen molar-refractivity contribution in [2.45, 2.75) is 18.9 Å². The van der Waals surface area contributed by atoms with Gasteiger partial charge >= 0.3 is 0 Å². The molecule has 1 aromatic rings. The number of hydrogen-bond donors (Lipinski definition) is 3. The van der Waals surface area contributed by atoms with E-state index in [1.807, 2.05) is 6.07 Å². The second kappa shape index (κ2) is 7.27.